The highest BCUT2D eigenvalue weighted by Crippen LogP contribution is 2.49. The molecule has 144 valence electrons. The first-order valence-corrected chi connectivity index (χ1v) is 9.57. The molecule has 0 amide bonds. The second kappa shape index (κ2) is 6.44. The first-order chi connectivity index (χ1) is 14.0. The number of non-ortho nitro benzene ring substituents is 1. The van der Waals surface area contributed by atoms with Gasteiger partial charge in [0.05, 0.1) is 11.0 Å². The van der Waals surface area contributed by atoms with Gasteiger partial charge in [-0.25, -0.2) is 0 Å². The van der Waals surface area contributed by atoms with Crippen LogP contribution in [-0.2, 0) is 4.79 Å². The van der Waals surface area contributed by atoms with Crippen molar-refractivity contribution in [2.45, 2.75) is 25.3 Å². The van der Waals surface area contributed by atoms with Crippen molar-refractivity contribution in [2.24, 2.45) is 0 Å². The van der Waals surface area contributed by atoms with Crippen molar-refractivity contribution >= 4 is 33.5 Å². The van der Waals surface area contributed by atoms with Gasteiger partial charge < -0.3 is 10.4 Å². The van der Waals surface area contributed by atoms with E-state index in [1.807, 2.05) is 36.4 Å². The zero-order valence-electron chi connectivity index (χ0n) is 15.5. The van der Waals surface area contributed by atoms with Gasteiger partial charge in [0.2, 0.25) is 0 Å². The van der Waals surface area contributed by atoms with Gasteiger partial charge in [0.15, 0.2) is 5.78 Å². The minimum absolute atomic E-state index is 0.0215. The number of benzene rings is 3. The number of hydrogen-bond acceptors (Lipinski definition) is 5. The number of ketones is 1. The zero-order chi connectivity index (χ0) is 20.1. The maximum atomic E-state index is 13.0. The number of fused-ring (bicyclic) bond motifs is 4. The fourth-order valence-electron chi connectivity index (χ4n) is 4.52. The van der Waals surface area contributed by atoms with Crippen molar-refractivity contribution in [2.75, 3.05) is 5.32 Å². The summed E-state index contributed by atoms with van der Waals surface area (Å²) in [5, 5.41) is 27.3. The molecule has 0 saturated carbocycles. The van der Waals surface area contributed by atoms with Crippen LogP contribution in [0.15, 0.2) is 60.2 Å². The van der Waals surface area contributed by atoms with Gasteiger partial charge in [-0.3, -0.25) is 14.9 Å². The van der Waals surface area contributed by atoms with E-state index in [9.17, 15) is 20.0 Å². The molecule has 5 rings (SSSR count). The molecule has 2 aliphatic rings. The van der Waals surface area contributed by atoms with E-state index in [2.05, 4.69) is 5.32 Å². The Labute approximate surface area is 166 Å². The molecule has 1 atom stereocenters. The van der Waals surface area contributed by atoms with Gasteiger partial charge in [0.25, 0.3) is 5.69 Å². The summed E-state index contributed by atoms with van der Waals surface area (Å²) >= 11 is 0. The van der Waals surface area contributed by atoms with Gasteiger partial charge in [0.1, 0.15) is 5.75 Å². The van der Waals surface area contributed by atoms with Gasteiger partial charge in [-0.05, 0) is 41.3 Å². The Hall–Kier alpha value is -3.67. The Morgan fingerprint density at radius 2 is 1.90 bits per heavy atom. The van der Waals surface area contributed by atoms with E-state index in [1.54, 1.807) is 0 Å². The van der Waals surface area contributed by atoms with Crippen LogP contribution in [0, 0.1) is 10.1 Å². The quantitative estimate of drug-likeness (QED) is 0.471. The topological polar surface area (TPSA) is 92.5 Å². The van der Waals surface area contributed by atoms with Crippen LogP contribution in [0.5, 0.6) is 5.75 Å². The molecule has 3 aromatic rings. The fraction of sp³-hybridized carbons (Fsp3) is 0.174. The number of rotatable bonds is 2. The van der Waals surface area contributed by atoms with Crippen LogP contribution in [0.1, 0.15) is 36.4 Å². The second-order valence-electron chi connectivity index (χ2n) is 7.46. The van der Waals surface area contributed by atoms with Gasteiger partial charge in [-0.2, -0.15) is 0 Å². The molecule has 1 aliphatic heterocycles. The highest BCUT2D eigenvalue weighted by molar-refractivity contribution is 6.12. The molecule has 0 aromatic heterocycles. The number of hydrogen-bond donors (Lipinski definition) is 2. The number of anilines is 1. The normalized spacial score (nSPS) is 18.2. The fourth-order valence-corrected chi connectivity index (χ4v) is 4.52. The number of allylic oxidation sites excluding steroid dienone is 1. The Kier molecular flexibility index (Phi) is 3.87. The van der Waals surface area contributed by atoms with Gasteiger partial charge in [-0.15, -0.1) is 0 Å². The lowest BCUT2D eigenvalue weighted by molar-refractivity contribution is -0.384. The average Bonchev–Trinajstić information content (AvgIpc) is 2.73. The van der Waals surface area contributed by atoms with Crippen LogP contribution in [-0.4, -0.2) is 15.8 Å². The third kappa shape index (κ3) is 2.68. The van der Waals surface area contributed by atoms with Gasteiger partial charge >= 0.3 is 0 Å². The number of carbonyl (C=O) groups is 1. The third-order valence-electron chi connectivity index (χ3n) is 5.81. The van der Waals surface area contributed by atoms with Gasteiger partial charge in [0, 0.05) is 40.9 Å². The summed E-state index contributed by atoms with van der Waals surface area (Å²) in [5.41, 5.74) is 3.70. The minimum atomic E-state index is -0.619. The molecule has 0 saturated heterocycles. The van der Waals surface area contributed by atoms with E-state index >= 15 is 0 Å². The van der Waals surface area contributed by atoms with E-state index in [-0.39, 0.29) is 17.2 Å². The Morgan fingerprint density at radius 3 is 2.72 bits per heavy atom. The first-order valence-electron chi connectivity index (χ1n) is 9.57. The first kappa shape index (κ1) is 17.4. The van der Waals surface area contributed by atoms with Crippen molar-refractivity contribution in [3.63, 3.8) is 0 Å². The van der Waals surface area contributed by atoms with Crippen molar-refractivity contribution < 1.29 is 14.8 Å². The summed E-state index contributed by atoms with van der Waals surface area (Å²) in [6, 6.07) is 15.4. The lowest BCUT2D eigenvalue weighted by Crippen LogP contribution is -2.27. The second-order valence-corrected chi connectivity index (χ2v) is 7.46. The van der Waals surface area contributed by atoms with Crippen LogP contribution < -0.4 is 5.32 Å². The Balaban J connectivity index is 1.78. The molecular formula is C23H18N2O4. The highest BCUT2D eigenvalue weighted by atomic mass is 16.6. The number of phenolic OH excluding ortho intramolecular Hbond substituents is 1. The van der Waals surface area contributed by atoms with Crippen LogP contribution in [0.25, 0.3) is 16.3 Å². The maximum absolute atomic E-state index is 13.0. The molecule has 0 fully saturated rings. The van der Waals surface area contributed by atoms with Crippen LogP contribution in [0.4, 0.5) is 11.4 Å². The van der Waals surface area contributed by atoms with Crippen molar-refractivity contribution in [1.29, 1.82) is 0 Å². The van der Waals surface area contributed by atoms with Crippen LogP contribution in [0.3, 0.4) is 0 Å². The van der Waals surface area contributed by atoms with E-state index in [0.717, 1.165) is 40.4 Å². The molecule has 0 bridgehead atoms. The third-order valence-corrected chi connectivity index (χ3v) is 5.81. The Bertz CT molecular complexity index is 1230. The lowest BCUT2D eigenvalue weighted by atomic mass is 9.76. The molecular weight excluding hydrogens is 368 g/mol. The molecule has 6 nitrogen and oxygen atoms in total. The lowest BCUT2D eigenvalue weighted by Gasteiger charge is -2.35. The van der Waals surface area contributed by atoms with Crippen molar-refractivity contribution in [1.82, 2.24) is 0 Å². The molecule has 29 heavy (non-hydrogen) atoms. The summed E-state index contributed by atoms with van der Waals surface area (Å²) < 4.78 is 0. The molecule has 0 spiro atoms. The molecule has 1 unspecified atom stereocenters. The smallest absolute Gasteiger partial charge is 0.270 e. The average molecular weight is 386 g/mol. The summed E-state index contributed by atoms with van der Waals surface area (Å²) in [6.45, 7) is 0. The number of nitrogens with one attached hydrogen (secondary N) is 1. The number of nitro benzene ring substituents is 1. The van der Waals surface area contributed by atoms with E-state index in [0.29, 0.717) is 17.6 Å². The zero-order valence-corrected chi connectivity index (χ0v) is 15.5. The molecule has 2 N–H and O–H groups in total. The number of aromatic hydroxyl groups is 1. The summed E-state index contributed by atoms with van der Waals surface area (Å²) in [6.07, 6.45) is 1.97. The Morgan fingerprint density at radius 1 is 1.07 bits per heavy atom. The molecule has 1 aliphatic carbocycles. The predicted molar refractivity (Wildman–Crippen MR) is 111 cm³/mol. The highest BCUT2D eigenvalue weighted by Gasteiger charge is 2.36. The molecule has 3 aromatic carbocycles. The van der Waals surface area contributed by atoms with Gasteiger partial charge in [-0.1, -0.05) is 30.3 Å². The predicted octanol–water partition coefficient (Wildman–Crippen LogP) is 5.13. The molecule has 1 heterocycles. The maximum Gasteiger partial charge on any atom is 0.270 e. The van der Waals surface area contributed by atoms with E-state index in [1.165, 1.54) is 18.2 Å². The van der Waals surface area contributed by atoms with E-state index < -0.39 is 11.0 Å². The summed E-state index contributed by atoms with van der Waals surface area (Å²) in [5.74, 6) is -0.0456. The molecule has 0 radical (unpaired) electrons. The van der Waals surface area contributed by atoms with Crippen LogP contribution >= 0.6 is 0 Å². The number of phenols is 1. The number of carbonyl (C=O) groups excluding carboxylic acids is 1. The summed E-state index contributed by atoms with van der Waals surface area (Å²) in [4.78, 5) is 23.7. The molecule has 6 heteroatoms. The van der Waals surface area contributed by atoms with E-state index in [4.69, 9.17) is 0 Å². The standard InChI is InChI=1S/C23H18N2O4/c26-19-11-9-14(25(28)29)12-17(19)23-22-16(6-3-7-20(22)27)21-15-5-2-1-4-13(15)8-10-18(21)24-23/h1-2,4-5,8-12,23-24,26H,3,6-7H2. The van der Waals surface area contributed by atoms with Crippen LogP contribution in [0.2, 0.25) is 0 Å². The van der Waals surface area contributed by atoms with Crippen molar-refractivity contribution in [3.05, 3.63) is 81.4 Å². The minimum Gasteiger partial charge on any atom is -0.508 e. The van der Waals surface area contributed by atoms with Crippen molar-refractivity contribution in [3.8, 4) is 5.75 Å². The summed E-state index contributed by atoms with van der Waals surface area (Å²) in [7, 11) is 0. The number of nitro groups is 1. The monoisotopic (exact) mass is 386 g/mol. The SMILES string of the molecule is O=C1CCCC2=C1C(c1cc([N+](=O)[O-])ccc1O)Nc1ccc3ccccc3c12. The number of nitrogens with zero attached hydrogens (tertiary/aromatic N) is 1. The number of Topliss-reactive ketones (excluding diaryl/α,β-unsaturated/α-hetero) is 1. The largest absolute Gasteiger partial charge is 0.508 e.